The summed E-state index contributed by atoms with van der Waals surface area (Å²) in [4.78, 5) is 15.0. The Hall–Kier alpha value is -6.13. The van der Waals surface area contributed by atoms with Crippen LogP contribution < -0.4 is 0 Å². The van der Waals surface area contributed by atoms with Gasteiger partial charge in [-0.1, -0.05) is 133 Å². The van der Waals surface area contributed by atoms with Gasteiger partial charge in [-0.15, -0.1) is 0 Å². The number of hydrogen-bond acceptors (Lipinski definition) is 4. The summed E-state index contributed by atoms with van der Waals surface area (Å²) in [5, 5.41) is 5.19. The minimum Gasteiger partial charge on any atom is -0.455 e. The first kappa shape index (κ1) is 20.7. The number of nitrogens with zero attached hydrogens (tertiary/aromatic N) is 3. The summed E-state index contributed by atoms with van der Waals surface area (Å²) >= 11 is 0. The second-order valence-electron chi connectivity index (χ2n) is 10.9. The zero-order chi connectivity index (χ0) is 34.1. The molecular weight excluding hydrogens is 550 g/mol. The van der Waals surface area contributed by atoms with E-state index in [0.29, 0.717) is 50.5 Å². The second-order valence-corrected chi connectivity index (χ2v) is 10.9. The van der Waals surface area contributed by atoms with Crippen LogP contribution in [0.5, 0.6) is 0 Å². The quantitative estimate of drug-likeness (QED) is 0.208. The molecule has 0 saturated carbocycles. The maximum atomic E-state index is 8.85. The highest BCUT2D eigenvalue weighted by Crippen LogP contribution is 2.43. The summed E-state index contributed by atoms with van der Waals surface area (Å²) in [6.45, 7) is 0. The molecule has 9 aromatic rings. The molecule has 9 rings (SSSR count). The van der Waals surface area contributed by atoms with Crippen molar-refractivity contribution in [3.63, 3.8) is 0 Å². The first-order chi connectivity index (χ1) is 24.4. The largest absolute Gasteiger partial charge is 0.455 e. The lowest BCUT2D eigenvalue weighted by Gasteiger charge is -2.10. The number of fused-ring (bicyclic) bond motifs is 5. The topological polar surface area (TPSA) is 51.8 Å². The molecule has 0 unspecified atom stereocenters. The third-order valence-electron chi connectivity index (χ3n) is 8.18. The molecule has 2 aromatic heterocycles. The molecule has 0 atom stereocenters. The van der Waals surface area contributed by atoms with Gasteiger partial charge in [0.05, 0.1) is 6.85 Å². The lowest BCUT2D eigenvalue weighted by molar-refractivity contribution is 0.670. The highest BCUT2D eigenvalue weighted by Gasteiger charge is 2.21. The Balaban J connectivity index is 1.36. The summed E-state index contributed by atoms with van der Waals surface area (Å²) in [6.07, 6.45) is 0. The first-order valence-corrected chi connectivity index (χ1v) is 14.6. The number of hydrogen-bond donors (Lipinski definition) is 0. The molecule has 0 radical (unpaired) electrons. The molecule has 0 bridgehead atoms. The van der Waals surface area contributed by atoms with E-state index in [1.807, 2.05) is 97.1 Å². The lowest BCUT2D eigenvalue weighted by atomic mass is 9.94. The fourth-order valence-electron chi connectivity index (χ4n) is 6.10. The van der Waals surface area contributed by atoms with Crippen LogP contribution in [0.4, 0.5) is 0 Å². The van der Waals surface area contributed by atoms with Crippen molar-refractivity contribution < 1.29 is 11.3 Å². The Morgan fingerprint density at radius 1 is 0.489 bits per heavy atom. The van der Waals surface area contributed by atoms with Crippen LogP contribution in [0.25, 0.3) is 88.8 Å². The van der Waals surface area contributed by atoms with Crippen molar-refractivity contribution in [1.29, 1.82) is 0 Å². The van der Waals surface area contributed by atoms with Crippen molar-refractivity contribution in [2.45, 2.75) is 0 Å². The van der Waals surface area contributed by atoms with Gasteiger partial charge >= 0.3 is 0 Å². The van der Waals surface area contributed by atoms with Crippen LogP contribution in [0.3, 0.4) is 0 Å². The smallest absolute Gasteiger partial charge is 0.164 e. The standard InChI is InChI=1S/C41H25N3O/c1-3-13-27(14-4-1)36-32-19-10-9-18-30(32)25-34-37-33(20-11-21-35(37)45-38(34)36)41-43-39(28-15-5-2-6-16-28)42-40(44-41)31-23-22-26-12-7-8-17-29(26)24-31/h1-25H/i1D,3D,4D,13D,14D. The van der Waals surface area contributed by atoms with Crippen molar-refractivity contribution >= 4 is 43.5 Å². The Labute approximate surface area is 266 Å². The summed E-state index contributed by atoms with van der Waals surface area (Å²) in [5.74, 6) is 1.50. The molecule has 210 valence electrons. The molecule has 0 aliphatic rings. The van der Waals surface area contributed by atoms with Gasteiger partial charge in [0.15, 0.2) is 17.5 Å². The van der Waals surface area contributed by atoms with Crippen molar-refractivity contribution in [1.82, 2.24) is 15.0 Å². The molecule has 0 amide bonds. The van der Waals surface area contributed by atoms with E-state index in [9.17, 15) is 0 Å². The Kier molecular flexibility index (Phi) is 4.72. The van der Waals surface area contributed by atoms with E-state index in [-0.39, 0.29) is 17.6 Å². The molecular formula is C41H25N3O. The third kappa shape index (κ3) is 4.27. The summed E-state index contributed by atoms with van der Waals surface area (Å²) in [6, 6.07) is 37.6. The third-order valence-corrected chi connectivity index (χ3v) is 8.18. The Morgan fingerprint density at radius 3 is 2.04 bits per heavy atom. The van der Waals surface area contributed by atoms with E-state index in [0.717, 1.165) is 32.7 Å². The van der Waals surface area contributed by atoms with Gasteiger partial charge in [0.1, 0.15) is 11.2 Å². The molecule has 2 heterocycles. The van der Waals surface area contributed by atoms with Crippen molar-refractivity contribution in [3.8, 4) is 45.3 Å². The average Bonchev–Trinajstić information content (AvgIpc) is 3.54. The Bertz CT molecular complexity index is 2810. The van der Waals surface area contributed by atoms with Crippen LogP contribution in [-0.4, -0.2) is 15.0 Å². The van der Waals surface area contributed by atoms with Gasteiger partial charge in [-0.05, 0) is 45.3 Å². The van der Waals surface area contributed by atoms with E-state index < -0.39 is 18.1 Å². The molecule has 45 heavy (non-hydrogen) atoms. The molecule has 0 aliphatic carbocycles. The zero-order valence-corrected chi connectivity index (χ0v) is 23.8. The monoisotopic (exact) mass is 580 g/mol. The minimum atomic E-state index is -0.446. The number of furan rings is 1. The van der Waals surface area contributed by atoms with Crippen molar-refractivity contribution in [2.75, 3.05) is 0 Å². The van der Waals surface area contributed by atoms with Gasteiger partial charge in [0, 0.05) is 33.0 Å². The zero-order valence-electron chi connectivity index (χ0n) is 28.8. The fourth-order valence-corrected chi connectivity index (χ4v) is 6.10. The predicted molar refractivity (Wildman–Crippen MR) is 184 cm³/mol. The molecule has 0 fully saturated rings. The van der Waals surface area contributed by atoms with Crippen LogP contribution in [0.1, 0.15) is 6.85 Å². The average molecular weight is 581 g/mol. The van der Waals surface area contributed by atoms with E-state index in [2.05, 4.69) is 24.3 Å². The Morgan fingerprint density at radius 2 is 1.20 bits per heavy atom. The molecule has 7 aromatic carbocycles. The molecule has 0 N–H and O–H groups in total. The van der Waals surface area contributed by atoms with Gasteiger partial charge in [-0.25, -0.2) is 15.0 Å². The predicted octanol–water partition coefficient (Wildman–Crippen LogP) is 10.7. The van der Waals surface area contributed by atoms with Gasteiger partial charge in [0.25, 0.3) is 0 Å². The number of benzene rings is 7. The van der Waals surface area contributed by atoms with E-state index in [4.69, 9.17) is 26.2 Å². The normalized spacial score (nSPS) is 13.1. The van der Waals surface area contributed by atoms with Crippen molar-refractivity contribution in [2.24, 2.45) is 0 Å². The number of rotatable bonds is 4. The first-order valence-electron chi connectivity index (χ1n) is 17.1. The van der Waals surface area contributed by atoms with Crippen LogP contribution in [0.2, 0.25) is 0 Å². The maximum absolute atomic E-state index is 8.85. The van der Waals surface area contributed by atoms with Gasteiger partial charge in [-0.3, -0.25) is 0 Å². The lowest BCUT2D eigenvalue weighted by Crippen LogP contribution is -2.00. The van der Waals surface area contributed by atoms with Gasteiger partial charge < -0.3 is 4.42 Å². The maximum Gasteiger partial charge on any atom is 0.164 e. The molecule has 4 nitrogen and oxygen atoms in total. The van der Waals surface area contributed by atoms with Gasteiger partial charge in [0.2, 0.25) is 0 Å². The van der Waals surface area contributed by atoms with Crippen molar-refractivity contribution in [3.05, 3.63) is 152 Å². The van der Waals surface area contributed by atoms with Crippen LogP contribution in [-0.2, 0) is 0 Å². The highest BCUT2D eigenvalue weighted by atomic mass is 16.3. The molecule has 4 heteroatoms. The highest BCUT2D eigenvalue weighted by molar-refractivity contribution is 6.21. The summed E-state index contributed by atoms with van der Waals surface area (Å²) < 4.78 is 49.3. The van der Waals surface area contributed by atoms with E-state index in [1.165, 1.54) is 0 Å². The van der Waals surface area contributed by atoms with Gasteiger partial charge in [-0.2, -0.15) is 0 Å². The summed E-state index contributed by atoms with van der Waals surface area (Å²) in [7, 11) is 0. The summed E-state index contributed by atoms with van der Waals surface area (Å²) in [5.41, 5.74) is 3.90. The minimum absolute atomic E-state index is 0.0866. The van der Waals surface area contributed by atoms with Crippen LogP contribution in [0, 0.1) is 0 Å². The molecule has 0 spiro atoms. The molecule has 0 saturated heterocycles. The van der Waals surface area contributed by atoms with Crippen LogP contribution in [0.15, 0.2) is 156 Å². The second kappa shape index (κ2) is 10.2. The molecule has 0 aliphatic heterocycles. The fraction of sp³-hybridized carbons (Fsp3) is 0. The SMILES string of the molecule is [2H]c1c([2H])c([2H])c(-c2c3ccccc3cc3c2oc2cccc(-c4nc(-c5ccccc5)nc(-c5ccc6ccccc6c5)n4)c23)c([2H])c1[2H]. The van der Waals surface area contributed by atoms with Crippen LogP contribution >= 0.6 is 0 Å². The number of aromatic nitrogens is 3. The van der Waals surface area contributed by atoms with E-state index in [1.54, 1.807) is 0 Å². The van der Waals surface area contributed by atoms with E-state index >= 15 is 0 Å².